The first-order valence-electron chi connectivity index (χ1n) is 8.21. The van der Waals surface area contributed by atoms with E-state index in [1.807, 2.05) is 38.4 Å². The highest BCUT2D eigenvalue weighted by Crippen LogP contribution is 2.33. The van der Waals surface area contributed by atoms with Crippen LogP contribution in [0.5, 0.6) is 0 Å². The number of methoxy groups -OCH3 is 1. The minimum Gasteiger partial charge on any atom is -0.383 e. The highest BCUT2D eigenvalue weighted by Gasteiger charge is 2.14. The summed E-state index contributed by atoms with van der Waals surface area (Å²) < 4.78 is 7.24. The van der Waals surface area contributed by atoms with Crippen LogP contribution in [-0.4, -0.2) is 36.7 Å². The Balaban J connectivity index is 2.14. The summed E-state index contributed by atoms with van der Waals surface area (Å²) in [7, 11) is 3.73. The fourth-order valence-corrected chi connectivity index (χ4v) is 3.26. The van der Waals surface area contributed by atoms with Crippen LogP contribution in [0.25, 0.3) is 16.8 Å². The summed E-state index contributed by atoms with van der Waals surface area (Å²) in [6.45, 7) is 3.89. The molecule has 0 aliphatic heterocycles. The molecular weight excluding hydrogens is 336 g/mol. The molecule has 25 heavy (non-hydrogen) atoms. The van der Waals surface area contributed by atoms with Gasteiger partial charge in [0.25, 0.3) is 0 Å². The largest absolute Gasteiger partial charge is 0.383 e. The van der Waals surface area contributed by atoms with Crippen LogP contribution in [0, 0.1) is 6.92 Å². The lowest BCUT2D eigenvalue weighted by Gasteiger charge is -2.19. The zero-order valence-corrected chi connectivity index (χ0v) is 15.5. The number of fused-ring (bicyclic) bond motifs is 1. The van der Waals surface area contributed by atoms with Gasteiger partial charge >= 0.3 is 0 Å². The molecule has 0 bridgehead atoms. The highest BCUT2D eigenvalue weighted by atomic mass is 35.5. The van der Waals surface area contributed by atoms with Crippen LogP contribution >= 0.6 is 11.6 Å². The van der Waals surface area contributed by atoms with E-state index in [4.69, 9.17) is 22.1 Å². The van der Waals surface area contributed by atoms with Crippen molar-refractivity contribution in [3.63, 3.8) is 0 Å². The van der Waals surface area contributed by atoms with Gasteiger partial charge in [0.05, 0.1) is 12.8 Å². The molecule has 0 saturated carbocycles. The summed E-state index contributed by atoms with van der Waals surface area (Å²) in [5.41, 5.74) is 11.0. The number of nitrogens with two attached hydrogens (primary N) is 1. The van der Waals surface area contributed by atoms with Crippen molar-refractivity contribution in [2.24, 2.45) is 5.73 Å². The highest BCUT2D eigenvalue weighted by molar-refractivity contribution is 6.33. The molecule has 3 aromatic rings. The normalized spacial score (nSPS) is 11.2. The molecule has 2 N–H and O–H groups in total. The molecule has 132 valence electrons. The van der Waals surface area contributed by atoms with Gasteiger partial charge in [-0.05, 0) is 30.2 Å². The van der Waals surface area contributed by atoms with Gasteiger partial charge < -0.3 is 15.4 Å². The maximum atomic E-state index is 6.50. The third-order valence-electron chi connectivity index (χ3n) is 4.37. The van der Waals surface area contributed by atoms with Gasteiger partial charge in [-0.3, -0.25) is 4.40 Å². The predicted molar refractivity (Wildman–Crippen MR) is 103 cm³/mol. The topological polar surface area (TPSA) is 55.8 Å². The Morgan fingerprint density at radius 1 is 1.28 bits per heavy atom. The number of aryl methyl sites for hydroxylation is 1. The smallest absolute Gasteiger partial charge is 0.138 e. The first-order valence-corrected chi connectivity index (χ1v) is 8.59. The van der Waals surface area contributed by atoms with E-state index in [1.165, 1.54) is 0 Å². The third-order valence-corrected chi connectivity index (χ3v) is 4.68. The second-order valence-electron chi connectivity index (χ2n) is 6.16. The summed E-state index contributed by atoms with van der Waals surface area (Å²) >= 11 is 6.50. The minimum atomic E-state index is 0.428. The lowest BCUT2D eigenvalue weighted by molar-refractivity contribution is 0.206. The van der Waals surface area contributed by atoms with Gasteiger partial charge in [-0.1, -0.05) is 23.7 Å². The number of hydrogen-bond acceptors (Lipinski definition) is 4. The first kappa shape index (κ1) is 17.7. The summed E-state index contributed by atoms with van der Waals surface area (Å²) in [5.74, 6) is 1.00. The van der Waals surface area contributed by atoms with Gasteiger partial charge in [0.2, 0.25) is 0 Å². The van der Waals surface area contributed by atoms with Crippen molar-refractivity contribution < 1.29 is 4.74 Å². The molecular formula is C19H23ClN4O. The molecule has 0 saturated heterocycles. The van der Waals surface area contributed by atoms with Crippen molar-refractivity contribution in [3.8, 4) is 11.1 Å². The van der Waals surface area contributed by atoms with Crippen LogP contribution < -0.4 is 10.6 Å². The summed E-state index contributed by atoms with van der Waals surface area (Å²) in [6.07, 6.45) is 3.94. The van der Waals surface area contributed by atoms with Crippen LogP contribution in [0.15, 0.2) is 36.7 Å². The van der Waals surface area contributed by atoms with E-state index in [-0.39, 0.29) is 0 Å². The molecule has 2 aromatic heterocycles. The Kier molecular flexibility index (Phi) is 5.27. The van der Waals surface area contributed by atoms with E-state index in [0.29, 0.717) is 13.2 Å². The van der Waals surface area contributed by atoms with E-state index >= 15 is 0 Å². The lowest BCUT2D eigenvalue weighted by atomic mass is 10.0. The van der Waals surface area contributed by atoms with Crippen molar-refractivity contribution in [1.82, 2.24) is 9.38 Å². The molecule has 0 aliphatic rings. The maximum absolute atomic E-state index is 6.50. The second-order valence-corrected chi connectivity index (χ2v) is 6.57. The van der Waals surface area contributed by atoms with Crippen LogP contribution in [0.1, 0.15) is 11.1 Å². The van der Waals surface area contributed by atoms with Crippen molar-refractivity contribution in [1.29, 1.82) is 0 Å². The van der Waals surface area contributed by atoms with Crippen LogP contribution in [0.2, 0.25) is 5.02 Å². The molecule has 0 fully saturated rings. The Labute approximate surface area is 153 Å². The number of rotatable bonds is 6. The number of anilines is 1. The van der Waals surface area contributed by atoms with E-state index < -0.39 is 0 Å². The molecule has 0 amide bonds. The van der Waals surface area contributed by atoms with E-state index in [0.717, 1.165) is 45.3 Å². The number of nitrogens with zero attached hydrogens (tertiary/aromatic N) is 3. The Bertz CT molecular complexity index is 891. The van der Waals surface area contributed by atoms with Crippen LogP contribution in [0.3, 0.4) is 0 Å². The zero-order valence-electron chi connectivity index (χ0n) is 14.8. The van der Waals surface area contributed by atoms with Crippen LogP contribution in [-0.2, 0) is 11.3 Å². The number of benzene rings is 1. The molecule has 0 radical (unpaired) electrons. The van der Waals surface area contributed by atoms with Gasteiger partial charge in [0, 0.05) is 49.6 Å². The summed E-state index contributed by atoms with van der Waals surface area (Å²) in [6, 6.07) is 8.11. The van der Waals surface area contributed by atoms with Gasteiger partial charge in [0.15, 0.2) is 0 Å². The van der Waals surface area contributed by atoms with Gasteiger partial charge in [0.1, 0.15) is 11.5 Å². The number of likely N-dealkylation sites (N-methyl/N-ethyl adjacent to an activating group) is 1. The Morgan fingerprint density at radius 3 is 2.76 bits per heavy atom. The second kappa shape index (κ2) is 7.44. The molecule has 0 unspecified atom stereocenters. The minimum absolute atomic E-state index is 0.428. The SMILES string of the molecule is COCCN(C)c1cnc2cc(CN)c(-c3ccc(C)cc3Cl)cn12. The quantitative estimate of drug-likeness (QED) is 0.732. The Hall–Kier alpha value is -2.08. The molecule has 3 rings (SSSR count). The molecule has 1 aromatic carbocycles. The van der Waals surface area contributed by atoms with E-state index in [9.17, 15) is 0 Å². The summed E-state index contributed by atoms with van der Waals surface area (Å²) in [5, 5.41) is 0.725. The molecule has 0 aliphatic carbocycles. The average Bonchev–Trinajstić information content (AvgIpc) is 3.01. The molecule has 2 heterocycles. The number of hydrogen-bond donors (Lipinski definition) is 1. The number of aromatic nitrogens is 2. The monoisotopic (exact) mass is 358 g/mol. The third kappa shape index (κ3) is 3.49. The predicted octanol–water partition coefficient (Wildman–Crippen LogP) is 3.50. The van der Waals surface area contributed by atoms with E-state index in [2.05, 4.69) is 26.5 Å². The Morgan fingerprint density at radius 2 is 2.08 bits per heavy atom. The van der Waals surface area contributed by atoms with Crippen molar-refractivity contribution in [2.45, 2.75) is 13.5 Å². The fraction of sp³-hybridized carbons (Fsp3) is 0.316. The standard InChI is InChI=1S/C19H23ClN4O/c1-13-4-5-15(17(20)8-13)16-12-24-18(9-14(16)10-21)22-11-19(24)23(2)6-7-25-3/h4-5,8-9,11-12H,6-7,10,21H2,1-3H3. The van der Waals surface area contributed by atoms with Gasteiger partial charge in [-0.25, -0.2) is 4.98 Å². The van der Waals surface area contributed by atoms with Crippen molar-refractivity contribution in [3.05, 3.63) is 52.8 Å². The maximum Gasteiger partial charge on any atom is 0.138 e. The number of halogens is 1. The number of imidazole rings is 1. The summed E-state index contributed by atoms with van der Waals surface area (Å²) in [4.78, 5) is 6.64. The zero-order chi connectivity index (χ0) is 18.0. The van der Waals surface area contributed by atoms with Crippen LogP contribution in [0.4, 0.5) is 5.82 Å². The number of pyridine rings is 1. The fourth-order valence-electron chi connectivity index (χ4n) is 2.93. The van der Waals surface area contributed by atoms with Gasteiger partial charge in [-0.15, -0.1) is 0 Å². The molecule has 6 heteroatoms. The van der Waals surface area contributed by atoms with Crippen molar-refractivity contribution >= 4 is 23.1 Å². The average molecular weight is 359 g/mol. The first-order chi connectivity index (χ1) is 12.0. The molecule has 5 nitrogen and oxygen atoms in total. The lowest BCUT2D eigenvalue weighted by Crippen LogP contribution is -2.23. The molecule has 0 spiro atoms. The molecule has 0 atom stereocenters. The van der Waals surface area contributed by atoms with Crippen molar-refractivity contribution in [2.75, 3.05) is 32.2 Å². The number of ether oxygens (including phenoxy) is 1. The van der Waals surface area contributed by atoms with E-state index in [1.54, 1.807) is 7.11 Å². The van der Waals surface area contributed by atoms with Gasteiger partial charge in [-0.2, -0.15) is 0 Å².